The molecule has 1 aliphatic carbocycles. The normalized spacial score (nSPS) is 20.6. The van der Waals surface area contributed by atoms with Crippen LogP contribution in [0.4, 0.5) is 0 Å². The fourth-order valence-corrected chi connectivity index (χ4v) is 3.87. The third-order valence-electron chi connectivity index (χ3n) is 4.59. The first-order valence-electron chi connectivity index (χ1n) is 8.03. The van der Waals surface area contributed by atoms with E-state index in [-0.39, 0.29) is 11.9 Å². The monoisotopic (exact) mass is 332 g/mol. The maximum atomic E-state index is 12.8. The standard InChI is InChI=1S/C16H20N4O2S/c1-22-10-13-15-12(20(18-17-15)9-11-4-5-11)6-7-19(13)16(21)14-3-2-8-23-14/h2-3,8,11,13H,4-7,9-10H2,1H3/t13-/m0/s1. The van der Waals surface area contributed by atoms with Crippen LogP contribution in [0, 0.1) is 5.92 Å². The van der Waals surface area contributed by atoms with Crippen LogP contribution in [0.25, 0.3) is 0 Å². The van der Waals surface area contributed by atoms with Gasteiger partial charge in [0.25, 0.3) is 5.91 Å². The number of aromatic nitrogens is 3. The molecule has 1 aliphatic heterocycles. The van der Waals surface area contributed by atoms with Gasteiger partial charge in [-0.05, 0) is 30.2 Å². The molecule has 4 rings (SSSR count). The number of carbonyl (C=O) groups is 1. The first-order chi connectivity index (χ1) is 11.3. The number of amides is 1. The summed E-state index contributed by atoms with van der Waals surface area (Å²) in [6.45, 7) is 2.10. The summed E-state index contributed by atoms with van der Waals surface area (Å²) in [5, 5.41) is 10.7. The average Bonchev–Trinajstić information content (AvgIpc) is 3.05. The maximum Gasteiger partial charge on any atom is 0.264 e. The maximum absolute atomic E-state index is 12.8. The Kier molecular flexibility index (Phi) is 3.90. The molecule has 23 heavy (non-hydrogen) atoms. The molecule has 0 aromatic carbocycles. The van der Waals surface area contributed by atoms with E-state index in [4.69, 9.17) is 4.74 Å². The molecule has 1 atom stereocenters. The van der Waals surface area contributed by atoms with E-state index in [0.29, 0.717) is 13.2 Å². The highest BCUT2D eigenvalue weighted by Gasteiger charge is 2.36. The van der Waals surface area contributed by atoms with Gasteiger partial charge in [-0.2, -0.15) is 0 Å². The highest BCUT2D eigenvalue weighted by molar-refractivity contribution is 7.12. The van der Waals surface area contributed by atoms with Crippen molar-refractivity contribution in [3.8, 4) is 0 Å². The third-order valence-corrected chi connectivity index (χ3v) is 5.45. The van der Waals surface area contributed by atoms with Crippen molar-refractivity contribution in [1.29, 1.82) is 0 Å². The van der Waals surface area contributed by atoms with Gasteiger partial charge < -0.3 is 9.64 Å². The summed E-state index contributed by atoms with van der Waals surface area (Å²) >= 11 is 1.47. The summed E-state index contributed by atoms with van der Waals surface area (Å²) in [5.41, 5.74) is 2.08. The van der Waals surface area contributed by atoms with E-state index < -0.39 is 0 Å². The van der Waals surface area contributed by atoms with Gasteiger partial charge in [0.05, 0.1) is 17.2 Å². The molecule has 0 unspecified atom stereocenters. The molecule has 122 valence electrons. The van der Waals surface area contributed by atoms with Crippen LogP contribution in [0.1, 0.15) is 39.9 Å². The van der Waals surface area contributed by atoms with Crippen LogP contribution in [0.5, 0.6) is 0 Å². The lowest BCUT2D eigenvalue weighted by Crippen LogP contribution is -2.42. The van der Waals surface area contributed by atoms with Gasteiger partial charge in [0.2, 0.25) is 0 Å². The number of hydrogen-bond acceptors (Lipinski definition) is 5. The van der Waals surface area contributed by atoms with Gasteiger partial charge >= 0.3 is 0 Å². The number of methoxy groups -OCH3 is 1. The van der Waals surface area contributed by atoms with Crippen LogP contribution in [-0.2, 0) is 17.7 Å². The minimum atomic E-state index is -0.147. The zero-order chi connectivity index (χ0) is 15.8. The van der Waals surface area contributed by atoms with Gasteiger partial charge in [0, 0.05) is 26.6 Å². The molecule has 3 heterocycles. The first-order valence-corrected chi connectivity index (χ1v) is 8.91. The molecule has 0 N–H and O–H groups in total. The topological polar surface area (TPSA) is 60.3 Å². The molecule has 2 aromatic heterocycles. The number of ether oxygens (including phenoxy) is 1. The summed E-state index contributed by atoms with van der Waals surface area (Å²) in [6.07, 6.45) is 3.39. The smallest absolute Gasteiger partial charge is 0.264 e. The molecule has 0 saturated heterocycles. The van der Waals surface area contributed by atoms with Crippen LogP contribution in [0.3, 0.4) is 0 Å². The zero-order valence-electron chi connectivity index (χ0n) is 13.1. The summed E-state index contributed by atoms with van der Waals surface area (Å²) in [4.78, 5) is 15.4. The minimum absolute atomic E-state index is 0.0597. The van der Waals surface area contributed by atoms with Gasteiger partial charge in [0.1, 0.15) is 11.7 Å². The van der Waals surface area contributed by atoms with Crippen molar-refractivity contribution in [2.45, 2.75) is 31.8 Å². The molecular formula is C16H20N4O2S. The van der Waals surface area contributed by atoms with Gasteiger partial charge in [0.15, 0.2) is 0 Å². The molecule has 2 aromatic rings. The summed E-state index contributed by atoms with van der Waals surface area (Å²) in [7, 11) is 1.66. The Labute approximate surface area is 139 Å². The van der Waals surface area contributed by atoms with Crippen LogP contribution in [-0.4, -0.2) is 46.1 Å². The van der Waals surface area contributed by atoms with Crippen molar-refractivity contribution in [3.05, 3.63) is 33.8 Å². The number of carbonyl (C=O) groups excluding carboxylic acids is 1. The Morgan fingerprint density at radius 3 is 3.04 bits per heavy atom. The predicted octanol–water partition coefficient (Wildman–Crippen LogP) is 2.14. The molecule has 7 heteroatoms. The summed E-state index contributed by atoms with van der Waals surface area (Å²) in [5.74, 6) is 0.817. The van der Waals surface area contributed by atoms with Gasteiger partial charge in [-0.25, -0.2) is 4.68 Å². The van der Waals surface area contributed by atoms with Gasteiger partial charge in [-0.15, -0.1) is 16.4 Å². The molecule has 1 saturated carbocycles. The molecule has 2 aliphatic rings. The molecule has 0 spiro atoms. The highest BCUT2D eigenvalue weighted by Crippen LogP contribution is 2.34. The largest absolute Gasteiger partial charge is 0.382 e. The van der Waals surface area contributed by atoms with E-state index in [2.05, 4.69) is 10.3 Å². The van der Waals surface area contributed by atoms with E-state index in [0.717, 1.165) is 29.5 Å². The Bertz CT molecular complexity index is 693. The van der Waals surface area contributed by atoms with Crippen LogP contribution >= 0.6 is 11.3 Å². The lowest BCUT2D eigenvalue weighted by Gasteiger charge is -2.34. The molecule has 1 fully saturated rings. The SMILES string of the molecule is COC[C@H]1c2nnn(CC3CC3)c2CCN1C(=O)c1cccs1. The van der Waals surface area contributed by atoms with Crippen LogP contribution < -0.4 is 0 Å². The number of hydrogen-bond donors (Lipinski definition) is 0. The second-order valence-corrected chi connectivity index (χ2v) is 7.19. The highest BCUT2D eigenvalue weighted by atomic mass is 32.1. The van der Waals surface area contributed by atoms with Gasteiger partial charge in [-0.1, -0.05) is 11.3 Å². The molecule has 1 amide bonds. The second kappa shape index (κ2) is 6.05. The van der Waals surface area contributed by atoms with Crippen molar-refractivity contribution >= 4 is 17.2 Å². The van der Waals surface area contributed by atoms with E-state index in [1.807, 2.05) is 27.1 Å². The van der Waals surface area contributed by atoms with Crippen molar-refractivity contribution in [3.63, 3.8) is 0 Å². The Hall–Kier alpha value is -1.73. The van der Waals surface area contributed by atoms with Crippen molar-refractivity contribution in [2.24, 2.45) is 5.92 Å². The van der Waals surface area contributed by atoms with Crippen LogP contribution in [0.2, 0.25) is 0 Å². The molecule has 0 bridgehead atoms. The van der Waals surface area contributed by atoms with Crippen molar-refractivity contribution < 1.29 is 9.53 Å². The Morgan fingerprint density at radius 1 is 1.48 bits per heavy atom. The Morgan fingerprint density at radius 2 is 2.35 bits per heavy atom. The first kappa shape index (κ1) is 14.8. The number of fused-ring (bicyclic) bond motifs is 1. The lowest BCUT2D eigenvalue weighted by molar-refractivity contribution is 0.0494. The Balaban J connectivity index is 1.62. The quantitative estimate of drug-likeness (QED) is 0.842. The average molecular weight is 332 g/mol. The van der Waals surface area contributed by atoms with E-state index in [9.17, 15) is 4.79 Å². The minimum Gasteiger partial charge on any atom is -0.382 e. The fraction of sp³-hybridized carbons (Fsp3) is 0.562. The lowest BCUT2D eigenvalue weighted by atomic mass is 10.0. The van der Waals surface area contributed by atoms with Crippen molar-refractivity contribution in [1.82, 2.24) is 19.9 Å². The second-order valence-electron chi connectivity index (χ2n) is 6.24. The number of rotatable bonds is 5. The van der Waals surface area contributed by atoms with Gasteiger partial charge in [-0.3, -0.25) is 4.79 Å². The molecular weight excluding hydrogens is 312 g/mol. The van der Waals surface area contributed by atoms with Crippen LogP contribution in [0.15, 0.2) is 17.5 Å². The van der Waals surface area contributed by atoms with E-state index >= 15 is 0 Å². The summed E-state index contributed by atoms with van der Waals surface area (Å²) < 4.78 is 7.42. The third kappa shape index (κ3) is 2.79. The predicted molar refractivity (Wildman–Crippen MR) is 86.4 cm³/mol. The number of nitrogens with zero attached hydrogens (tertiary/aromatic N) is 4. The molecule has 0 radical (unpaired) electrons. The summed E-state index contributed by atoms with van der Waals surface area (Å²) in [6, 6.07) is 3.63. The number of thiophene rings is 1. The van der Waals surface area contributed by atoms with E-state index in [1.165, 1.54) is 29.9 Å². The van der Waals surface area contributed by atoms with Crippen molar-refractivity contribution in [2.75, 3.05) is 20.3 Å². The molecule has 6 nitrogen and oxygen atoms in total. The van der Waals surface area contributed by atoms with E-state index in [1.54, 1.807) is 7.11 Å². The zero-order valence-corrected chi connectivity index (χ0v) is 14.0. The fourth-order valence-electron chi connectivity index (χ4n) is 3.20.